The largest absolute Gasteiger partial charge is 0.481 e. The molecule has 0 heterocycles. The first kappa shape index (κ1) is 29.5. The minimum absolute atomic E-state index is 0.0421. The van der Waals surface area contributed by atoms with Gasteiger partial charge in [0.25, 0.3) is 0 Å². The molecule has 0 saturated heterocycles. The lowest BCUT2D eigenvalue weighted by Crippen LogP contribution is -2.57. The normalized spacial score (nSPS) is 14.1. The summed E-state index contributed by atoms with van der Waals surface area (Å²) < 4.78 is 0. The second-order valence-electron chi connectivity index (χ2n) is 8.22. The molecule has 1 rings (SSSR count). The molecule has 0 aromatic heterocycles. The zero-order valence-corrected chi connectivity index (χ0v) is 19.7. The molecular weight excluding hydrogens is 458 g/mol. The van der Waals surface area contributed by atoms with Crippen LogP contribution in [0.4, 0.5) is 0 Å². The van der Waals surface area contributed by atoms with Crippen LogP contribution in [0.5, 0.6) is 0 Å². The fourth-order valence-electron chi connectivity index (χ4n) is 3.19. The van der Waals surface area contributed by atoms with E-state index in [2.05, 4.69) is 16.0 Å². The van der Waals surface area contributed by atoms with Gasteiger partial charge in [0.2, 0.25) is 17.7 Å². The third-order valence-corrected chi connectivity index (χ3v) is 5.17. The van der Waals surface area contributed by atoms with Gasteiger partial charge in [-0.25, -0.2) is 4.79 Å². The van der Waals surface area contributed by atoms with Crippen LogP contribution in [0.1, 0.15) is 44.6 Å². The Bertz CT molecular complexity index is 863. The molecule has 194 valence electrons. The van der Waals surface area contributed by atoms with Gasteiger partial charge in [0.15, 0.2) is 0 Å². The van der Waals surface area contributed by atoms with E-state index < -0.39 is 60.2 Å². The highest BCUT2D eigenvalue weighted by atomic mass is 16.4. The standard InChI is InChI=1S/C23H35N5O7/c1-14(25)20(31)26-16(10-11-19(29)30)21(32)28-18(13-15-7-3-2-4-8-15)22(33)27-17(23(34)35)9-5-6-12-24/h2-4,7-8,14,16-18H,5-6,9-13,24-25H2,1H3,(H,26,31)(H,27,33)(H,28,32)(H,29,30)(H,34,35). The summed E-state index contributed by atoms with van der Waals surface area (Å²) in [5.74, 6) is -4.56. The van der Waals surface area contributed by atoms with E-state index in [1.165, 1.54) is 6.92 Å². The van der Waals surface area contributed by atoms with E-state index in [9.17, 15) is 29.1 Å². The van der Waals surface area contributed by atoms with Crippen molar-refractivity contribution in [3.63, 3.8) is 0 Å². The van der Waals surface area contributed by atoms with Crippen LogP contribution in [0.25, 0.3) is 0 Å². The number of hydrogen-bond donors (Lipinski definition) is 7. The number of benzene rings is 1. The van der Waals surface area contributed by atoms with Crippen LogP contribution in [0.3, 0.4) is 0 Å². The van der Waals surface area contributed by atoms with Gasteiger partial charge in [0, 0.05) is 12.8 Å². The van der Waals surface area contributed by atoms with Crippen LogP contribution >= 0.6 is 0 Å². The second-order valence-corrected chi connectivity index (χ2v) is 8.22. The SMILES string of the molecule is CC(N)C(=O)NC(CCC(=O)O)C(=O)NC(Cc1ccccc1)C(=O)NC(CCCCN)C(=O)O. The molecule has 0 bridgehead atoms. The van der Waals surface area contributed by atoms with Crippen molar-refractivity contribution in [2.75, 3.05) is 6.54 Å². The number of nitrogens with one attached hydrogen (secondary N) is 3. The van der Waals surface area contributed by atoms with Gasteiger partial charge in [-0.05, 0) is 44.7 Å². The van der Waals surface area contributed by atoms with Gasteiger partial charge in [0.05, 0.1) is 6.04 Å². The molecule has 0 aliphatic heterocycles. The third kappa shape index (κ3) is 11.5. The van der Waals surface area contributed by atoms with Gasteiger partial charge in [0.1, 0.15) is 18.1 Å². The van der Waals surface area contributed by atoms with Crippen molar-refractivity contribution in [1.82, 2.24) is 16.0 Å². The molecule has 0 spiro atoms. The number of carboxylic acid groups (broad SMARTS) is 2. The molecule has 0 aliphatic carbocycles. The highest BCUT2D eigenvalue weighted by Crippen LogP contribution is 2.08. The van der Waals surface area contributed by atoms with E-state index in [1.807, 2.05) is 0 Å². The number of nitrogens with two attached hydrogens (primary N) is 2. The first-order valence-corrected chi connectivity index (χ1v) is 11.4. The predicted molar refractivity (Wildman–Crippen MR) is 127 cm³/mol. The van der Waals surface area contributed by atoms with Crippen molar-refractivity contribution in [1.29, 1.82) is 0 Å². The topological polar surface area (TPSA) is 214 Å². The summed E-state index contributed by atoms with van der Waals surface area (Å²) in [5, 5.41) is 25.9. The Morgan fingerprint density at radius 3 is 1.94 bits per heavy atom. The summed E-state index contributed by atoms with van der Waals surface area (Å²) >= 11 is 0. The lowest BCUT2D eigenvalue weighted by Gasteiger charge is -2.25. The zero-order chi connectivity index (χ0) is 26.4. The summed E-state index contributed by atoms with van der Waals surface area (Å²) in [5.41, 5.74) is 11.7. The average Bonchev–Trinajstić information content (AvgIpc) is 2.80. The van der Waals surface area contributed by atoms with Crippen molar-refractivity contribution in [2.45, 2.75) is 69.6 Å². The van der Waals surface area contributed by atoms with Crippen molar-refractivity contribution in [2.24, 2.45) is 11.5 Å². The van der Waals surface area contributed by atoms with E-state index in [1.54, 1.807) is 30.3 Å². The minimum Gasteiger partial charge on any atom is -0.481 e. The van der Waals surface area contributed by atoms with E-state index >= 15 is 0 Å². The van der Waals surface area contributed by atoms with Crippen LogP contribution in [-0.2, 0) is 30.4 Å². The lowest BCUT2D eigenvalue weighted by atomic mass is 10.0. The minimum atomic E-state index is -1.25. The van der Waals surface area contributed by atoms with Gasteiger partial charge >= 0.3 is 11.9 Å². The Hall–Kier alpha value is -3.51. The van der Waals surface area contributed by atoms with Crippen LogP contribution in [0, 0.1) is 0 Å². The molecule has 0 radical (unpaired) electrons. The number of carboxylic acids is 2. The molecule has 0 aliphatic rings. The molecule has 0 fully saturated rings. The van der Waals surface area contributed by atoms with Crippen molar-refractivity contribution in [3.05, 3.63) is 35.9 Å². The van der Waals surface area contributed by atoms with Crippen LogP contribution in [0.2, 0.25) is 0 Å². The summed E-state index contributed by atoms with van der Waals surface area (Å²) in [7, 11) is 0. The van der Waals surface area contributed by atoms with Crippen molar-refractivity contribution < 1.29 is 34.2 Å². The summed E-state index contributed by atoms with van der Waals surface area (Å²) in [4.78, 5) is 60.7. The quantitative estimate of drug-likeness (QED) is 0.142. The number of carbonyl (C=O) groups is 5. The van der Waals surface area contributed by atoms with Gasteiger partial charge < -0.3 is 37.6 Å². The number of amides is 3. The average molecular weight is 494 g/mol. The first-order valence-electron chi connectivity index (χ1n) is 11.4. The molecule has 1 aromatic carbocycles. The van der Waals surface area contributed by atoms with Crippen LogP contribution in [0.15, 0.2) is 30.3 Å². The Kier molecular flexibility index (Phi) is 13.0. The molecule has 4 atom stereocenters. The van der Waals surface area contributed by atoms with Crippen LogP contribution in [-0.4, -0.2) is 70.6 Å². The molecule has 12 nitrogen and oxygen atoms in total. The monoisotopic (exact) mass is 493 g/mol. The summed E-state index contributed by atoms with van der Waals surface area (Å²) in [6.07, 6.45) is 0.653. The van der Waals surface area contributed by atoms with Gasteiger partial charge in [-0.1, -0.05) is 30.3 Å². The Balaban J connectivity index is 3.08. The molecule has 35 heavy (non-hydrogen) atoms. The Morgan fingerprint density at radius 1 is 0.829 bits per heavy atom. The molecule has 4 unspecified atom stereocenters. The highest BCUT2D eigenvalue weighted by molar-refractivity contribution is 5.94. The van der Waals surface area contributed by atoms with Gasteiger partial charge in [-0.2, -0.15) is 0 Å². The Morgan fingerprint density at radius 2 is 1.40 bits per heavy atom. The molecule has 3 amide bonds. The van der Waals surface area contributed by atoms with E-state index in [-0.39, 0.29) is 19.3 Å². The first-order chi connectivity index (χ1) is 16.5. The number of carbonyl (C=O) groups excluding carboxylic acids is 3. The van der Waals surface area contributed by atoms with Crippen LogP contribution < -0.4 is 27.4 Å². The number of rotatable bonds is 16. The molecule has 9 N–H and O–H groups in total. The maximum Gasteiger partial charge on any atom is 0.326 e. The van der Waals surface area contributed by atoms with E-state index in [4.69, 9.17) is 16.6 Å². The second kappa shape index (κ2) is 15.4. The van der Waals surface area contributed by atoms with Gasteiger partial charge in [-0.15, -0.1) is 0 Å². The van der Waals surface area contributed by atoms with Crippen molar-refractivity contribution in [3.8, 4) is 0 Å². The molecule has 1 aromatic rings. The Labute approximate surface area is 203 Å². The maximum absolute atomic E-state index is 13.0. The molecular formula is C23H35N5O7. The predicted octanol–water partition coefficient (Wildman–Crippen LogP) is -0.891. The molecule has 0 saturated carbocycles. The number of hydrogen-bond acceptors (Lipinski definition) is 7. The fraction of sp³-hybridized carbons (Fsp3) is 0.522. The lowest BCUT2D eigenvalue weighted by molar-refractivity contribution is -0.142. The van der Waals surface area contributed by atoms with Crippen molar-refractivity contribution >= 4 is 29.7 Å². The van der Waals surface area contributed by atoms with E-state index in [0.717, 1.165) is 0 Å². The number of aliphatic carboxylic acids is 2. The van der Waals surface area contributed by atoms with Gasteiger partial charge in [-0.3, -0.25) is 19.2 Å². The summed E-state index contributed by atoms with van der Waals surface area (Å²) in [6.45, 7) is 1.79. The maximum atomic E-state index is 13.0. The molecule has 12 heteroatoms. The number of unbranched alkanes of at least 4 members (excludes halogenated alkanes) is 1. The third-order valence-electron chi connectivity index (χ3n) is 5.17. The highest BCUT2D eigenvalue weighted by Gasteiger charge is 2.30. The smallest absolute Gasteiger partial charge is 0.326 e. The fourth-order valence-corrected chi connectivity index (χ4v) is 3.19. The summed E-state index contributed by atoms with van der Waals surface area (Å²) in [6, 6.07) is 4.20. The van der Waals surface area contributed by atoms with E-state index in [0.29, 0.717) is 24.9 Å². The zero-order valence-electron chi connectivity index (χ0n) is 19.7.